The van der Waals surface area contributed by atoms with Crippen molar-refractivity contribution in [3.05, 3.63) is 30.3 Å². The highest BCUT2D eigenvalue weighted by molar-refractivity contribution is 7.92. The summed E-state index contributed by atoms with van der Waals surface area (Å²) in [5.41, 5.74) is 0. The van der Waals surface area contributed by atoms with E-state index in [0.29, 0.717) is 0 Å². The van der Waals surface area contributed by atoms with Gasteiger partial charge in [0.25, 0.3) is 10.0 Å². The summed E-state index contributed by atoms with van der Waals surface area (Å²) in [4.78, 5) is 3.47. The molecule has 1 heterocycles. The number of hydrogen-bond donors (Lipinski definition) is 1. The van der Waals surface area contributed by atoms with Crippen LogP contribution in [0.3, 0.4) is 0 Å². The molecule has 0 saturated heterocycles. The average molecular weight is 314 g/mol. The van der Waals surface area contributed by atoms with Gasteiger partial charge in [0, 0.05) is 7.05 Å². The van der Waals surface area contributed by atoms with Crippen molar-refractivity contribution in [3.63, 3.8) is 0 Å². The van der Waals surface area contributed by atoms with Gasteiger partial charge in [-0.05, 0) is 32.0 Å². The van der Waals surface area contributed by atoms with E-state index < -0.39 is 15.8 Å². The minimum Gasteiger partial charge on any atom is -0.490 e. The van der Waals surface area contributed by atoms with Crippen LogP contribution in [0.5, 0.6) is 5.75 Å². The van der Waals surface area contributed by atoms with E-state index in [1.54, 1.807) is 13.8 Å². The fourth-order valence-electron chi connectivity index (χ4n) is 1.61. The van der Waals surface area contributed by atoms with E-state index >= 15 is 0 Å². The Kier molecular flexibility index (Phi) is 4.12. The average Bonchev–Trinajstić information content (AvgIpc) is 2.76. The van der Waals surface area contributed by atoms with E-state index in [1.165, 1.54) is 24.1 Å². The van der Waals surface area contributed by atoms with Gasteiger partial charge >= 0.3 is 0 Å². The Morgan fingerprint density at radius 2 is 2.10 bits per heavy atom. The van der Waals surface area contributed by atoms with Crippen LogP contribution in [0.2, 0.25) is 0 Å². The Morgan fingerprint density at radius 3 is 2.67 bits per heavy atom. The Bertz CT molecular complexity index is 743. The molecule has 9 heteroatoms. The Balaban J connectivity index is 2.43. The predicted octanol–water partition coefficient (Wildman–Crippen LogP) is 1.54. The molecule has 2 aromatic rings. The number of ether oxygens (including phenoxy) is 1. The number of hydrogen-bond acceptors (Lipinski definition) is 5. The van der Waals surface area contributed by atoms with E-state index in [9.17, 15) is 12.8 Å². The third kappa shape index (κ3) is 3.48. The molecule has 1 N–H and O–H groups in total. The second-order valence-electron chi connectivity index (χ2n) is 4.57. The molecule has 0 saturated carbocycles. The first-order chi connectivity index (χ1) is 9.79. The zero-order chi connectivity index (χ0) is 15.6. The third-order valence-electron chi connectivity index (χ3n) is 2.49. The third-order valence-corrected chi connectivity index (χ3v) is 3.84. The maximum Gasteiger partial charge on any atom is 0.268 e. The molecular weight excluding hydrogens is 299 g/mol. The van der Waals surface area contributed by atoms with Crippen LogP contribution in [0, 0.1) is 5.82 Å². The minimum atomic E-state index is -4.04. The summed E-state index contributed by atoms with van der Waals surface area (Å²) < 4.78 is 47.0. The Labute approximate surface area is 121 Å². The van der Waals surface area contributed by atoms with Gasteiger partial charge in [-0.15, -0.1) is 0 Å². The molecule has 2 rings (SSSR count). The van der Waals surface area contributed by atoms with Crippen molar-refractivity contribution in [1.29, 1.82) is 0 Å². The maximum absolute atomic E-state index is 13.4. The molecule has 0 radical (unpaired) electrons. The van der Waals surface area contributed by atoms with Crippen LogP contribution in [-0.4, -0.2) is 29.3 Å². The number of aromatic nitrogens is 3. The summed E-state index contributed by atoms with van der Waals surface area (Å²) in [6, 6.07) is 3.32. The molecule has 114 valence electrons. The van der Waals surface area contributed by atoms with E-state index in [2.05, 4.69) is 14.8 Å². The van der Waals surface area contributed by atoms with Crippen molar-refractivity contribution in [2.24, 2.45) is 7.05 Å². The summed E-state index contributed by atoms with van der Waals surface area (Å²) in [5.74, 6) is -0.583. The topological polar surface area (TPSA) is 86.1 Å². The van der Waals surface area contributed by atoms with Crippen molar-refractivity contribution >= 4 is 16.0 Å². The molecule has 0 aliphatic heterocycles. The van der Waals surface area contributed by atoms with Crippen molar-refractivity contribution < 1.29 is 17.5 Å². The van der Waals surface area contributed by atoms with Crippen LogP contribution in [0.1, 0.15) is 13.8 Å². The quantitative estimate of drug-likeness (QED) is 0.904. The molecule has 0 atom stereocenters. The number of halogens is 1. The highest BCUT2D eigenvalue weighted by atomic mass is 32.2. The fourth-order valence-corrected chi connectivity index (χ4v) is 2.79. The first kappa shape index (κ1) is 15.2. The van der Waals surface area contributed by atoms with E-state index in [-0.39, 0.29) is 22.7 Å². The second kappa shape index (κ2) is 5.68. The summed E-state index contributed by atoms with van der Waals surface area (Å²) in [5, 5.41) is 3.76. The van der Waals surface area contributed by atoms with Gasteiger partial charge in [-0.25, -0.2) is 22.2 Å². The lowest BCUT2D eigenvalue weighted by Gasteiger charge is -2.15. The van der Waals surface area contributed by atoms with E-state index in [4.69, 9.17) is 4.74 Å². The first-order valence-electron chi connectivity index (χ1n) is 6.12. The highest BCUT2D eigenvalue weighted by Gasteiger charge is 2.23. The molecule has 21 heavy (non-hydrogen) atoms. The lowest BCUT2D eigenvalue weighted by atomic mass is 10.3. The largest absolute Gasteiger partial charge is 0.490 e. The van der Waals surface area contributed by atoms with Gasteiger partial charge in [0.2, 0.25) is 5.95 Å². The van der Waals surface area contributed by atoms with Crippen LogP contribution in [0.15, 0.2) is 29.4 Å². The zero-order valence-electron chi connectivity index (χ0n) is 11.7. The van der Waals surface area contributed by atoms with Crippen LogP contribution >= 0.6 is 0 Å². The number of nitrogens with one attached hydrogen (secondary N) is 1. The van der Waals surface area contributed by atoms with Gasteiger partial charge < -0.3 is 4.74 Å². The van der Waals surface area contributed by atoms with E-state index in [0.717, 1.165) is 12.1 Å². The molecule has 0 aliphatic carbocycles. The molecule has 1 aromatic heterocycles. The van der Waals surface area contributed by atoms with Gasteiger partial charge in [0.1, 0.15) is 22.8 Å². The summed E-state index contributed by atoms with van der Waals surface area (Å²) in [7, 11) is -2.51. The summed E-state index contributed by atoms with van der Waals surface area (Å²) >= 11 is 0. The normalized spacial score (nSPS) is 11.7. The SMILES string of the molecule is CC(C)Oc1ccc(F)cc1S(=O)(=O)Nc1ncnn1C. The van der Waals surface area contributed by atoms with Crippen LogP contribution in [-0.2, 0) is 17.1 Å². The Morgan fingerprint density at radius 1 is 1.38 bits per heavy atom. The molecule has 0 aliphatic rings. The number of anilines is 1. The molecule has 0 amide bonds. The lowest BCUT2D eigenvalue weighted by Crippen LogP contribution is -2.18. The number of rotatable bonds is 5. The molecule has 0 spiro atoms. The molecule has 0 bridgehead atoms. The smallest absolute Gasteiger partial charge is 0.268 e. The summed E-state index contributed by atoms with van der Waals surface area (Å²) in [6.07, 6.45) is 0.953. The zero-order valence-corrected chi connectivity index (χ0v) is 12.6. The number of sulfonamides is 1. The number of nitrogens with zero attached hydrogens (tertiary/aromatic N) is 3. The molecule has 0 fully saturated rings. The molecule has 0 unspecified atom stereocenters. The van der Waals surface area contributed by atoms with Gasteiger partial charge in [0.05, 0.1) is 6.10 Å². The highest BCUT2D eigenvalue weighted by Crippen LogP contribution is 2.27. The van der Waals surface area contributed by atoms with Crippen LogP contribution in [0.25, 0.3) is 0 Å². The van der Waals surface area contributed by atoms with Crippen LogP contribution < -0.4 is 9.46 Å². The predicted molar refractivity (Wildman–Crippen MR) is 74.0 cm³/mol. The van der Waals surface area contributed by atoms with Gasteiger partial charge in [0.15, 0.2) is 0 Å². The fraction of sp³-hybridized carbons (Fsp3) is 0.333. The van der Waals surface area contributed by atoms with Crippen molar-refractivity contribution in [2.75, 3.05) is 4.72 Å². The standard InChI is InChI=1S/C12H15FN4O3S/c1-8(2)20-10-5-4-9(13)6-11(10)21(18,19)16-12-14-7-15-17(12)3/h4-8H,1-3H3,(H,14,15,16). The van der Waals surface area contributed by atoms with Gasteiger partial charge in [-0.2, -0.15) is 10.1 Å². The lowest BCUT2D eigenvalue weighted by molar-refractivity contribution is 0.235. The van der Waals surface area contributed by atoms with Gasteiger partial charge in [-0.3, -0.25) is 0 Å². The first-order valence-corrected chi connectivity index (χ1v) is 7.61. The Hall–Kier alpha value is -2.16. The maximum atomic E-state index is 13.4. The van der Waals surface area contributed by atoms with Gasteiger partial charge in [-0.1, -0.05) is 0 Å². The molecule has 1 aromatic carbocycles. The van der Waals surface area contributed by atoms with E-state index in [1.807, 2.05) is 0 Å². The summed E-state index contributed by atoms with van der Waals surface area (Å²) in [6.45, 7) is 3.49. The van der Waals surface area contributed by atoms with Crippen molar-refractivity contribution in [3.8, 4) is 5.75 Å². The minimum absolute atomic E-state index is 0.0229. The molecular formula is C12H15FN4O3S. The van der Waals surface area contributed by atoms with Crippen LogP contribution in [0.4, 0.5) is 10.3 Å². The second-order valence-corrected chi connectivity index (χ2v) is 6.22. The number of aryl methyl sites for hydroxylation is 1. The van der Waals surface area contributed by atoms with Crippen molar-refractivity contribution in [1.82, 2.24) is 14.8 Å². The monoisotopic (exact) mass is 314 g/mol. The van der Waals surface area contributed by atoms with Crippen molar-refractivity contribution in [2.45, 2.75) is 24.8 Å². The number of benzene rings is 1. The molecule has 7 nitrogen and oxygen atoms in total.